The van der Waals surface area contributed by atoms with Gasteiger partial charge in [0.25, 0.3) is 5.91 Å². The third kappa shape index (κ3) is 3.05. The molecule has 0 saturated heterocycles. The average Bonchev–Trinajstić information content (AvgIpc) is 2.86. The van der Waals surface area contributed by atoms with Gasteiger partial charge in [0.05, 0.1) is 22.6 Å². The minimum Gasteiger partial charge on any atom is -0.388 e. The van der Waals surface area contributed by atoms with E-state index in [4.69, 9.17) is 0 Å². The normalized spacial score (nSPS) is 11.9. The summed E-state index contributed by atoms with van der Waals surface area (Å²) >= 11 is 0. The van der Waals surface area contributed by atoms with E-state index in [1.165, 1.54) is 0 Å². The van der Waals surface area contributed by atoms with Gasteiger partial charge in [-0.15, -0.1) is 0 Å². The van der Waals surface area contributed by atoms with Gasteiger partial charge in [-0.3, -0.25) is 4.79 Å². The molecule has 114 valence electrons. The van der Waals surface area contributed by atoms with Gasteiger partial charge < -0.3 is 10.4 Å². The van der Waals surface area contributed by atoms with Crippen LogP contribution in [0.3, 0.4) is 0 Å². The van der Waals surface area contributed by atoms with E-state index in [2.05, 4.69) is 15.4 Å². The van der Waals surface area contributed by atoms with E-state index in [1.54, 1.807) is 10.7 Å². The van der Waals surface area contributed by atoms with Crippen LogP contribution < -0.4 is 5.32 Å². The van der Waals surface area contributed by atoms with E-state index in [1.807, 2.05) is 33.8 Å². The summed E-state index contributed by atoms with van der Waals surface area (Å²) < 4.78 is 1.66. The fourth-order valence-electron chi connectivity index (χ4n) is 2.23. The highest BCUT2D eigenvalue weighted by Gasteiger charge is 2.23. The van der Waals surface area contributed by atoms with Crippen LogP contribution >= 0.6 is 0 Å². The Morgan fingerprint density at radius 1 is 1.38 bits per heavy atom. The maximum atomic E-state index is 12.3. The second-order valence-corrected chi connectivity index (χ2v) is 5.43. The Kier molecular flexibility index (Phi) is 4.27. The minimum absolute atomic E-state index is 0.231. The van der Waals surface area contributed by atoms with Crippen LogP contribution in [0.25, 0.3) is 5.65 Å². The first-order valence-electron chi connectivity index (χ1n) is 7.22. The quantitative estimate of drug-likeness (QED) is 0.877. The smallest absolute Gasteiger partial charge is 0.254 e. The number of aliphatic hydroxyl groups is 1. The van der Waals surface area contributed by atoms with E-state index in [-0.39, 0.29) is 12.5 Å². The van der Waals surface area contributed by atoms with Crippen LogP contribution in [0, 0.1) is 13.8 Å². The van der Waals surface area contributed by atoms with Gasteiger partial charge in [0.1, 0.15) is 0 Å². The molecule has 2 heterocycles. The lowest BCUT2D eigenvalue weighted by Crippen LogP contribution is -2.42. The molecule has 21 heavy (non-hydrogen) atoms. The summed E-state index contributed by atoms with van der Waals surface area (Å²) in [6.45, 7) is 7.76. The summed E-state index contributed by atoms with van der Waals surface area (Å²) in [5.74, 6) is -0.240. The molecular formula is C15H22N4O2. The molecule has 1 amide bonds. The molecule has 2 aromatic rings. The summed E-state index contributed by atoms with van der Waals surface area (Å²) in [6.07, 6.45) is 2.74. The van der Waals surface area contributed by atoms with E-state index < -0.39 is 5.60 Å². The van der Waals surface area contributed by atoms with Gasteiger partial charge in [0.2, 0.25) is 0 Å². The van der Waals surface area contributed by atoms with Crippen molar-refractivity contribution in [1.82, 2.24) is 19.9 Å². The Hall–Kier alpha value is -1.95. The number of hydrogen-bond acceptors (Lipinski definition) is 4. The number of fused-ring (bicyclic) bond motifs is 1. The Bertz CT molecular complexity index is 659. The van der Waals surface area contributed by atoms with E-state index in [0.717, 1.165) is 17.0 Å². The molecular weight excluding hydrogens is 268 g/mol. The number of hydrogen-bond donors (Lipinski definition) is 2. The molecule has 0 atom stereocenters. The van der Waals surface area contributed by atoms with Crippen molar-refractivity contribution in [2.45, 2.75) is 46.1 Å². The lowest BCUT2D eigenvalue weighted by atomic mass is 9.97. The highest BCUT2D eigenvalue weighted by molar-refractivity contribution is 5.95. The van der Waals surface area contributed by atoms with Crippen molar-refractivity contribution in [3.05, 3.63) is 29.2 Å². The molecule has 0 spiro atoms. The Balaban J connectivity index is 2.22. The van der Waals surface area contributed by atoms with Crippen molar-refractivity contribution in [3.8, 4) is 0 Å². The van der Waals surface area contributed by atoms with Crippen LogP contribution in [-0.2, 0) is 0 Å². The van der Waals surface area contributed by atoms with Crippen molar-refractivity contribution in [1.29, 1.82) is 0 Å². The van der Waals surface area contributed by atoms with Crippen molar-refractivity contribution in [3.63, 3.8) is 0 Å². The number of aromatic nitrogens is 3. The van der Waals surface area contributed by atoms with Crippen LogP contribution in [0.1, 0.15) is 48.4 Å². The number of aryl methyl sites for hydroxylation is 2. The Morgan fingerprint density at radius 2 is 2.05 bits per heavy atom. The zero-order valence-electron chi connectivity index (χ0n) is 13.0. The lowest BCUT2D eigenvalue weighted by molar-refractivity contribution is 0.0313. The number of carbonyl (C=O) groups is 1. The molecule has 6 heteroatoms. The molecule has 0 fully saturated rings. The Morgan fingerprint density at radius 3 is 2.67 bits per heavy atom. The molecule has 0 aliphatic rings. The highest BCUT2D eigenvalue weighted by atomic mass is 16.3. The van der Waals surface area contributed by atoms with Crippen LogP contribution in [0.4, 0.5) is 0 Å². The van der Waals surface area contributed by atoms with E-state index in [9.17, 15) is 9.90 Å². The molecule has 0 aliphatic heterocycles. The Labute approximate surface area is 124 Å². The molecule has 2 N–H and O–H groups in total. The zero-order valence-corrected chi connectivity index (χ0v) is 13.0. The molecule has 0 bridgehead atoms. The van der Waals surface area contributed by atoms with Crippen LogP contribution in [-0.4, -0.2) is 37.8 Å². The predicted molar refractivity (Wildman–Crippen MR) is 80.3 cm³/mol. The molecule has 2 rings (SSSR count). The summed E-state index contributed by atoms with van der Waals surface area (Å²) in [4.78, 5) is 16.5. The molecule has 0 unspecified atom stereocenters. The highest BCUT2D eigenvalue weighted by Crippen LogP contribution is 2.14. The molecule has 0 saturated carbocycles. The van der Waals surface area contributed by atoms with Crippen molar-refractivity contribution < 1.29 is 9.90 Å². The van der Waals surface area contributed by atoms with Gasteiger partial charge in [-0.1, -0.05) is 13.8 Å². The third-order valence-corrected chi connectivity index (χ3v) is 3.98. The largest absolute Gasteiger partial charge is 0.388 e. The number of nitrogens with one attached hydrogen (secondary N) is 1. The van der Waals surface area contributed by atoms with Gasteiger partial charge in [-0.25, -0.2) is 9.50 Å². The average molecular weight is 290 g/mol. The van der Waals surface area contributed by atoms with Crippen molar-refractivity contribution in [2.75, 3.05) is 6.54 Å². The summed E-state index contributed by atoms with van der Waals surface area (Å²) in [6, 6.07) is 1.86. The van der Waals surface area contributed by atoms with Gasteiger partial charge in [-0.2, -0.15) is 5.10 Å². The first kappa shape index (κ1) is 15.4. The summed E-state index contributed by atoms with van der Waals surface area (Å²) in [5, 5.41) is 17.3. The minimum atomic E-state index is -0.858. The van der Waals surface area contributed by atoms with E-state index in [0.29, 0.717) is 18.4 Å². The maximum Gasteiger partial charge on any atom is 0.254 e. The first-order valence-corrected chi connectivity index (χ1v) is 7.22. The van der Waals surface area contributed by atoms with Crippen LogP contribution in [0.2, 0.25) is 0 Å². The van der Waals surface area contributed by atoms with Crippen molar-refractivity contribution >= 4 is 11.6 Å². The predicted octanol–water partition coefficient (Wildman–Crippen LogP) is 1.63. The van der Waals surface area contributed by atoms with Gasteiger partial charge >= 0.3 is 0 Å². The van der Waals surface area contributed by atoms with E-state index >= 15 is 0 Å². The fraction of sp³-hybridized carbons (Fsp3) is 0.533. The number of carbonyl (C=O) groups excluding carboxylic acids is 1. The monoisotopic (exact) mass is 290 g/mol. The van der Waals surface area contributed by atoms with Crippen LogP contribution in [0.15, 0.2) is 12.3 Å². The topological polar surface area (TPSA) is 79.5 Å². The van der Waals surface area contributed by atoms with Gasteiger partial charge in [-0.05, 0) is 26.7 Å². The standard InChI is InChI=1S/C15H22N4O2/c1-5-15(21,6-2)9-17-14(20)12-8-16-13-7-10(3)18-19(13)11(12)4/h7-8,21H,5-6,9H2,1-4H3,(H,17,20). The number of amides is 1. The number of rotatable bonds is 5. The maximum absolute atomic E-state index is 12.3. The van der Waals surface area contributed by atoms with Gasteiger partial charge in [0, 0.05) is 18.8 Å². The molecule has 6 nitrogen and oxygen atoms in total. The second kappa shape index (κ2) is 5.81. The summed E-state index contributed by atoms with van der Waals surface area (Å²) in [7, 11) is 0. The lowest BCUT2D eigenvalue weighted by Gasteiger charge is -2.25. The first-order chi connectivity index (χ1) is 9.90. The molecule has 2 aromatic heterocycles. The summed E-state index contributed by atoms with van der Waals surface area (Å²) in [5.41, 5.74) is 1.93. The molecule has 0 aliphatic carbocycles. The van der Waals surface area contributed by atoms with Crippen LogP contribution in [0.5, 0.6) is 0 Å². The molecule has 0 aromatic carbocycles. The number of nitrogens with zero attached hydrogens (tertiary/aromatic N) is 3. The SMILES string of the molecule is CCC(O)(CC)CNC(=O)c1cnc2cc(C)nn2c1C. The fourth-order valence-corrected chi connectivity index (χ4v) is 2.23. The molecule has 0 radical (unpaired) electrons. The zero-order chi connectivity index (χ0) is 15.6. The van der Waals surface area contributed by atoms with Crippen molar-refractivity contribution in [2.24, 2.45) is 0 Å². The van der Waals surface area contributed by atoms with Gasteiger partial charge in [0.15, 0.2) is 5.65 Å². The third-order valence-electron chi connectivity index (χ3n) is 3.98. The second-order valence-electron chi connectivity index (χ2n) is 5.43.